The van der Waals surface area contributed by atoms with Gasteiger partial charge in [-0.15, -0.1) is 0 Å². The third kappa shape index (κ3) is 5.08. The number of carbonyl (C=O) groups excluding carboxylic acids is 1. The Morgan fingerprint density at radius 1 is 1.17 bits per heavy atom. The van der Waals surface area contributed by atoms with Crippen LogP contribution in [0.4, 0.5) is 5.13 Å². The fraction of sp³-hybridized carbons (Fsp3) is 0.308. The Kier molecular flexibility index (Phi) is 6.94. The standard InChI is InChI=1S/C26H27N3O5S2/c1-18-7-12-23-24(15-18)35-26(27-23)29(17-21-6-4-14-34-21)25(30)19-8-10-22(11-9-19)36(31,32)28(2)16-20-5-3-13-33-20/h4,6-12,14-15,20H,3,5,13,16-17H2,1-2H3. The van der Waals surface area contributed by atoms with Crippen molar-refractivity contribution in [2.75, 3.05) is 25.1 Å². The van der Waals surface area contributed by atoms with Gasteiger partial charge in [-0.25, -0.2) is 13.4 Å². The van der Waals surface area contributed by atoms with Crippen LogP contribution in [-0.2, 0) is 21.3 Å². The van der Waals surface area contributed by atoms with E-state index in [1.54, 1.807) is 42.5 Å². The highest BCUT2D eigenvalue weighted by molar-refractivity contribution is 7.89. The summed E-state index contributed by atoms with van der Waals surface area (Å²) in [7, 11) is -2.15. The maximum absolute atomic E-state index is 13.6. The summed E-state index contributed by atoms with van der Waals surface area (Å²) in [5.74, 6) is 0.326. The largest absolute Gasteiger partial charge is 0.467 e. The number of nitrogens with zero attached hydrogens (tertiary/aromatic N) is 3. The first-order valence-corrected chi connectivity index (χ1v) is 14.0. The molecule has 36 heavy (non-hydrogen) atoms. The minimum atomic E-state index is -3.70. The molecule has 8 nitrogen and oxygen atoms in total. The normalized spacial score (nSPS) is 16.1. The molecule has 0 saturated carbocycles. The van der Waals surface area contributed by atoms with Crippen LogP contribution in [-0.4, -0.2) is 49.9 Å². The number of hydrogen-bond acceptors (Lipinski definition) is 7. The molecule has 3 heterocycles. The summed E-state index contributed by atoms with van der Waals surface area (Å²) >= 11 is 1.43. The van der Waals surface area contributed by atoms with E-state index in [1.807, 2.05) is 25.1 Å². The molecule has 2 aromatic carbocycles. The van der Waals surface area contributed by atoms with E-state index < -0.39 is 10.0 Å². The summed E-state index contributed by atoms with van der Waals surface area (Å²) in [5, 5.41) is 0.546. The van der Waals surface area contributed by atoms with E-state index in [0.29, 0.717) is 29.6 Å². The number of benzene rings is 2. The van der Waals surface area contributed by atoms with Crippen LogP contribution in [0.15, 0.2) is 70.2 Å². The summed E-state index contributed by atoms with van der Waals surface area (Å²) in [6.07, 6.45) is 3.27. The van der Waals surface area contributed by atoms with Gasteiger partial charge in [-0.05, 0) is 73.9 Å². The molecule has 0 radical (unpaired) electrons. The average molecular weight is 526 g/mol. The van der Waals surface area contributed by atoms with Crippen LogP contribution in [0.3, 0.4) is 0 Å². The van der Waals surface area contributed by atoms with Crippen LogP contribution in [0, 0.1) is 6.92 Å². The highest BCUT2D eigenvalue weighted by Gasteiger charge is 2.27. The molecule has 0 N–H and O–H groups in total. The van der Waals surface area contributed by atoms with Gasteiger partial charge in [0.25, 0.3) is 5.91 Å². The number of fused-ring (bicyclic) bond motifs is 1. The number of aryl methyl sites for hydroxylation is 1. The fourth-order valence-corrected chi connectivity index (χ4v) is 6.46. The van der Waals surface area contributed by atoms with Crippen molar-refractivity contribution in [3.05, 3.63) is 77.7 Å². The Balaban J connectivity index is 1.41. The van der Waals surface area contributed by atoms with Crippen molar-refractivity contribution in [2.45, 2.75) is 37.3 Å². The second-order valence-corrected chi connectivity index (χ2v) is 11.9. The number of amides is 1. The second-order valence-electron chi connectivity index (χ2n) is 8.88. The number of anilines is 1. The van der Waals surface area contributed by atoms with E-state index in [-0.39, 0.29) is 23.5 Å². The predicted octanol–water partition coefficient (Wildman–Crippen LogP) is 4.84. The Bertz CT molecular complexity index is 1460. The fourth-order valence-electron chi connectivity index (χ4n) is 4.20. The summed E-state index contributed by atoms with van der Waals surface area (Å²) in [5.41, 5.74) is 2.29. The molecule has 1 fully saturated rings. The van der Waals surface area contributed by atoms with Crippen molar-refractivity contribution in [2.24, 2.45) is 0 Å². The highest BCUT2D eigenvalue weighted by atomic mass is 32.2. The highest BCUT2D eigenvalue weighted by Crippen LogP contribution is 2.32. The van der Waals surface area contributed by atoms with Gasteiger partial charge in [-0.1, -0.05) is 17.4 Å². The predicted molar refractivity (Wildman–Crippen MR) is 139 cm³/mol. The van der Waals surface area contributed by atoms with E-state index in [4.69, 9.17) is 9.15 Å². The van der Waals surface area contributed by atoms with Gasteiger partial charge >= 0.3 is 0 Å². The zero-order valence-electron chi connectivity index (χ0n) is 20.1. The molecular weight excluding hydrogens is 498 g/mol. The number of furan rings is 1. The molecule has 0 aliphatic carbocycles. The van der Waals surface area contributed by atoms with Crippen LogP contribution in [0.2, 0.25) is 0 Å². The molecule has 1 aliphatic rings. The van der Waals surface area contributed by atoms with Gasteiger partial charge in [0.2, 0.25) is 10.0 Å². The van der Waals surface area contributed by atoms with Crippen LogP contribution < -0.4 is 4.90 Å². The molecular formula is C26H27N3O5S2. The lowest BCUT2D eigenvalue weighted by molar-refractivity contribution is 0.0978. The van der Waals surface area contributed by atoms with Gasteiger partial charge in [0.15, 0.2) is 5.13 Å². The van der Waals surface area contributed by atoms with Gasteiger partial charge in [-0.2, -0.15) is 4.31 Å². The SMILES string of the molecule is Cc1ccc2nc(N(Cc3ccco3)C(=O)c3ccc(S(=O)(=O)N(C)CC4CCCO4)cc3)sc2c1. The van der Waals surface area contributed by atoms with E-state index >= 15 is 0 Å². The minimum Gasteiger partial charge on any atom is -0.467 e. The Morgan fingerprint density at radius 2 is 1.97 bits per heavy atom. The summed E-state index contributed by atoms with van der Waals surface area (Å²) in [6.45, 7) is 3.18. The van der Waals surface area contributed by atoms with Gasteiger partial charge in [0.1, 0.15) is 5.76 Å². The van der Waals surface area contributed by atoms with Gasteiger partial charge < -0.3 is 9.15 Å². The molecule has 1 aliphatic heterocycles. The first-order chi connectivity index (χ1) is 17.3. The lowest BCUT2D eigenvalue weighted by Gasteiger charge is -2.21. The van der Waals surface area contributed by atoms with E-state index in [0.717, 1.165) is 28.6 Å². The average Bonchev–Trinajstić information content (AvgIpc) is 3.64. The van der Waals surface area contributed by atoms with E-state index in [1.165, 1.54) is 27.8 Å². The molecule has 0 bridgehead atoms. The lowest BCUT2D eigenvalue weighted by Crippen LogP contribution is -2.34. The smallest absolute Gasteiger partial charge is 0.260 e. The van der Waals surface area contributed by atoms with Crippen molar-refractivity contribution in [1.82, 2.24) is 9.29 Å². The van der Waals surface area contributed by atoms with Crippen LogP contribution in [0.5, 0.6) is 0 Å². The summed E-state index contributed by atoms with van der Waals surface area (Å²) in [4.78, 5) is 20.0. The lowest BCUT2D eigenvalue weighted by atomic mass is 10.2. The molecule has 0 spiro atoms. The Labute approximate surface area is 214 Å². The first kappa shape index (κ1) is 24.6. The number of likely N-dealkylation sites (N-methyl/N-ethyl adjacent to an activating group) is 1. The Morgan fingerprint density at radius 3 is 2.67 bits per heavy atom. The zero-order valence-corrected chi connectivity index (χ0v) is 21.7. The number of hydrogen-bond donors (Lipinski definition) is 0. The molecule has 1 unspecified atom stereocenters. The molecule has 4 aromatic rings. The van der Waals surface area contributed by atoms with Crippen molar-refractivity contribution in [1.29, 1.82) is 0 Å². The molecule has 1 saturated heterocycles. The minimum absolute atomic E-state index is 0.0848. The second kappa shape index (κ2) is 10.1. The van der Waals surface area contributed by atoms with E-state index in [2.05, 4.69) is 4.98 Å². The van der Waals surface area contributed by atoms with Crippen molar-refractivity contribution < 1.29 is 22.4 Å². The van der Waals surface area contributed by atoms with Gasteiger partial charge in [-0.3, -0.25) is 9.69 Å². The molecule has 1 atom stereocenters. The molecule has 5 rings (SSSR count). The summed E-state index contributed by atoms with van der Waals surface area (Å²) < 4.78 is 39.5. The van der Waals surface area contributed by atoms with Crippen molar-refractivity contribution in [3.8, 4) is 0 Å². The van der Waals surface area contributed by atoms with E-state index in [9.17, 15) is 13.2 Å². The quantitative estimate of drug-likeness (QED) is 0.327. The van der Waals surface area contributed by atoms with Crippen LogP contribution in [0.1, 0.15) is 34.5 Å². The first-order valence-electron chi connectivity index (χ1n) is 11.7. The molecule has 2 aromatic heterocycles. The number of thiazole rings is 1. The van der Waals surface area contributed by atoms with Crippen molar-refractivity contribution >= 4 is 42.6 Å². The number of aromatic nitrogens is 1. The monoisotopic (exact) mass is 525 g/mol. The Hall–Kier alpha value is -3.05. The third-order valence-electron chi connectivity index (χ3n) is 6.20. The van der Waals surface area contributed by atoms with Crippen molar-refractivity contribution in [3.63, 3.8) is 0 Å². The number of rotatable bonds is 8. The molecule has 1 amide bonds. The summed E-state index contributed by atoms with van der Waals surface area (Å²) in [6, 6.07) is 15.6. The number of carbonyl (C=O) groups is 1. The topological polar surface area (TPSA) is 93.0 Å². The third-order valence-corrected chi connectivity index (χ3v) is 9.08. The number of sulfonamides is 1. The maximum atomic E-state index is 13.6. The number of ether oxygens (including phenoxy) is 1. The van der Waals surface area contributed by atoms with Gasteiger partial charge in [0, 0.05) is 25.8 Å². The molecule has 188 valence electrons. The van der Waals surface area contributed by atoms with Gasteiger partial charge in [0.05, 0.1) is 34.0 Å². The van der Waals surface area contributed by atoms with Crippen LogP contribution >= 0.6 is 11.3 Å². The zero-order chi connectivity index (χ0) is 25.3. The van der Waals surface area contributed by atoms with Crippen LogP contribution in [0.25, 0.3) is 10.2 Å². The molecule has 10 heteroatoms. The maximum Gasteiger partial charge on any atom is 0.260 e.